The van der Waals surface area contributed by atoms with Crippen LogP contribution in [-0.4, -0.2) is 80.9 Å². The highest BCUT2D eigenvalue weighted by atomic mass is 16.5. The highest BCUT2D eigenvalue weighted by Gasteiger charge is 2.23. The SMILES string of the molecule is COC(=O)CNC(=O)CNC(=O)CNC(=O)[C@@H](C)NC(=O)[C@H](CCCCN)NC(C)=O. The maximum Gasteiger partial charge on any atom is 0.325 e. The quantitative estimate of drug-likeness (QED) is 0.118. The summed E-state index contributed by atoms with van der Waals surface area (Å²) in [6, 6.07) is -1.76. The van der Waals surface area contributed by atoms with E-state index in [2.05, 4.69) is 31.3 Å². The minimum Gasteiger partial charge on any atom is -0.468 e. The van der Waals surface area contributed by atoms with E-state index in [0.717, 1.165) is 0 Å². The summed E-state index contributed by atoms with van der Waals surface area (Å²) in [7, 11) is 1.17. The second-order valence-corrected chi connectivity index (χ2v) is 6.62. The van der Waals surface area contributed by atoms with Gasteiger partial charge in [-0.1, -0.05) is 0 Å². The van der Waals surface area contributed by atoms with Gasteiger partial charge < -0.3 is 37.1 Å². The van der Waals surface area contributed by atoms with Crippen molar-refractivity contribution in [2.24, 2.45) is 5.73 Å². The molecule has 13 nitrogen and oxygen atoms in total. The van der Waals surface area contributed by atoms with Crippen molar-refractivity contribution in [2.45, 2.75) is 45.2 Å². The van der Waals surface area contributed by atoms with E-state index in [1.807, 2.05) is 0 Å². The fourth-order valence-corrected chi connectivity index (χ4v) is 2.25. The van der Waals surface area contributed by atoms with Gasteiger partial charge in [-0.3, -0.25) is 28.8 Å². The van der Waals surface area contributed by atoms with Gasteiger partial charge in [0.1, 0.15) is 18.6 Å². The van der Waals surface area contributed by atoms with E-state index >= 15 is 0 Å². The molecule has 176 valence electrons. The molecule has 0 aromatic rings. The molecule has 0 spiro atoms. The summed E-state index contributed by atoms with van der Waals surface area (Å²) in [6.45, 7) is 2.03. The number of unbranched alkanes of at least 4 members (excludes halogenated alkanes) is 1. The van der Waals surface area contributed by atoms with Crippen LogP contribution in [-0.2, 0) is 33.5 Å². The molecule has 0 rings (SSSR count). The molecule has 0 aliphatic heterocycles. The van der Waals surface area contributed by atoms with Crippen molar-refractivity contribution in [1.29, 1.82) is 0 Å². The van der Waals surface area contributed by atoms with Crippen LogP contribution in [0.2, 0.25) is 0 Å². The average Bonchev–Trinajstić information content (AvgIpc) is 2.73. The lowest BCUT2D eigenvalue weighted by Gasteiger charge is -2.20. The molecule has 13 heteroatoms. The van der Waals surface area contributed by atoms with Crippen molar-refractivity contribution in [1.82, 2.24) is 26.6 Å². The molecule has 31 heavy (non-hydrogen) atoms. The number of ether oxygens (including phenoxy) is 1. The summed E-state index contributed by atoms with van der Waals surface area (Å²) in [5, 5.41) is 11.8. The minimum atomic E-state index is -0.963. The summed E-state index contributed by atoms with van der Waals surface area (Å²) >= 11 is 0. The topological polar surface area (TPSA) is 198 Å². The molecule has 0 aliphatic rings. The Bertz CT molecular complexity index is 655. The van der Waals surface area contributed by atoms with Crippen LogP contribution in [0.15, 0.2) is 0 Å². The van der Waals surface area contributed by atoms with Crippen molar-refractivity contribution < 1.29 is 33.5 Å². The average molecular weight is 444 g/mol. The molecule has 0 saturated heterocycles. The lowest BCUT2D eigenvalue weighted by atomic mass is 10.1. The summed E-state index contributed by atoms with van der Waals surface area (Å²) in [5.74, 6) is -3.41. The molecule has 0 fully saturated rings. The van der Waals surface area contributed by atoms with Crippen molar-refractivity contribution >= 4 is 35.5 Å². The number of hydrogen-bond donors (Lipinski definition) is 6. The van der Waals surface area contributed by atoms with Crippen LogP contribution in [0.4, 0.5) is 0 Å². The van der Waals surface area contributed by atoms with Crippen molar-refractivity contribution in [3.05, 3.63) is 0 Å². The third kappa shape index (κ3) is 13.6. The monoisotopic (exact) mass is 444 g/mol. The lowest BCUT2D eigenvalue weighted by Crippen LogP contribution is -2.53. The molecule has 7 N–H and O–H groups in total. The first-order chi connectivity index (χ1) is 14.6. The Kier molecular flexibility index (Phi) is 14.0. The number of nitrogens with two attached hydrogens (primary N) is 1. The van der Waals surface area contributed by atoms with Crippen LogP contribution in [0.1, 0.15) is 33.1 Å². The molecular weight excluding hydrogens is 412 g/mol. The Labute approximate surface area is 180 Å². The third-order valence-corrected chi connectivity index (χ3v) is 3.92. The van der Waals surface area contributed by atoms with Crippen LogP contribution in [0, 0.1) is 0 Å². The molecule has 0 bridgehead atoms. The zero-order valence-electron chi connectivity index (χ0n) is 18.0. The Balaban J connectivity index is 4.37. The highest BCUT2D eigenvalue weighted by molar-refractivity contribution is 5.93. The second-order valence-electron chi connectivity index (χ2n) is 6.62. The van der Waals surface area contributed by atoms with Gasteiger partial charge in [-0.05, 0) is 32.7 Å². The number of carbonyl (C=O) groups excluding carboxylic acids is 6. The summed E-state index contributed by atoms with van der Waals surface area (Å²) in [6.07, 6.45) is 1.69. The van der Waals surface area contributed by atoms with Gasteiger partial charge in [0, 0.05) is 6.92 Å². The van der Waals surface area contributed by atoms with Gasteiger partial charge in [-0.15, -0.1) is 0 Å². The molecule has 0 saturated carbocycles. The van der Waals surface area contributed by atoms with E-state index in [1.165, 1.54) is 21.0 Å². The zero-order valence-corrected chi connectivity index (χ0v) is 18.0. The predicted octanol–water partition coefficient (Wildman–Crippen LogP) is -3.35. The van der Waals surface area contributed by atoms with E-state index in [4.69, 9.17) is 5.73 Å². The number of nitrogens with one attached hydrogen (secondary N) is 5. The molecule has 0 radical (unpaired) electrons. The van der Waals surface area contributed by atoms with E-state index < -0.39 is 48.2 Å². The van der Waals surface area contributed by atoms with Crippen molar-refractivity contribution in [3.63, 3.8) is 0 Å². The number of carbonyl (C=O) groups is 6. The number of esters is 1. The Hall–Kier alpha value is -3.22. The molecule has 0 aromatic carbocycles. The highest BCUT2D eigenvalue weighted by Crippen LogP contribution is 2.01. The summed E-state index contributed by atoms with van der Waals surface area (Å²) in [5.41, 5.74) is 5.43. The maximum absolute atomic E-state index is 12.3. The van der Waals surface area contributed by atoms with Gasteiger partial charge in [0.15, 0.2) is 0 Å². The van der Waals surface area contributed by atoms with Gasteiger partial charge in [0.25, 0.3) is 0 Å². The van der Waals surface area contributed by atoms with Gasteiger partial charge in [0.05, 0.1) is 20.2 Å². The molecule has 0 unspecified atom stereocenters. The molecule has 0 aromatic heterocycles. The van der Waals surface area contributed by atoms with Crippen LogP contribution in [0.25, 0.3) is 0 Å². The fraction of sp³-hybridized carbons (Fsp3) is 0.667. The predicted molar refractivity (Wildman–Crippen MR) is 109 cm³/mol. The van der Waals surface area contributed by atoms with Crippen LogP contribution < -0.4 is 32.3 Å². The van der Waals surface area contributed by atoms with Crippen molar-refractivity contribution in [2.75, 3.05) is 33.3 Å². The molecule has 0 aliphatic carbocycles. The summed E-state index contributed by atoms with van der Waals surface area (Å²) < 4.78 is 4.35. The zero-order chi connectivity index (χ0) is 23.8. The van der Waals surface area contributed by atoms with Gasteiger partial charge >= 0.3 is 5.97 Å². The lowest BCUT2D eigenvalue weighted by molar-refractivity contribution is -0.141. The molecule has 5 amide bonds. The third-order valence-electron chi connectivity index (χ3n) is 3.92. The van der Waals surface area contributed by atoms with Crippen LogP contribution in [0.3, 0.4) is 0 Å². The van der Waals surface area contributed by atoms with Gasteiger partial charge in [0.2, 0.25) is 29.5 Å². The van der Waals surface area contributed by atoms with E-state index in [-0.39, 0.29) is 19.0 Å². The van der Waals surface area contributed by atoms with Crippen LogP contribution >= 0.6 is 0 Å². The summed E-state index contributed by atoms with van der Waals surface area (Å²) in [4.78, 5) is 69.8. The molecular formula is C18H32N6O7. The molecule has 2 atom stereocenters. The number of methoxy groups -OCH3 is 1. The minimum absolute atomic E-state index is 0.329. The second kappa shape index (κ2) is 15.6. The Morgan fingerprint density at radius 1 is 0.839 bits per heavy atom. The maximum atomic E-state index is 12.3. The number of amides is 5. The van der Waals surface area contributed by atoms with E-state index in [1.54, 1.807) is 0 Å². The Morgan fingerprint density at radius 2 is 1.42 bits per heavy atom. The fourth-order valence-electron chi connectivity index (χ4n) is 2.25. The van der Waals surface area contributed by atoms with E-state index in [0.29, 0.717) is 25.8 Å². The molecule has 0 heterocycles. The first-order valence-corrected chi connectivity index (χ1v) is 9.76. The standard InChI is InChI=1S/C18H32N6O7/c1-11(23-18(30)13(24-12(2)25)6-4-5-7-19)17(29)22-9-15(27)20-8-14(26)21-10-16(28)31-3/h11,13H,4-10,19H2,1-3H3,(H,20,27)(H,21,26)(H,22,29)(H,23,30)(H,24,25)/t11-,13+/m1/s1. The van der Waals surface area contributed by atoms with Crippen molar-refractivity contribution in [3.8, 4) is 0 Å². The van der Waals surface area contributed by atoms with Gasteiger partial charge in [-0.2, -0.15) is 0 Å². The first kappa shape index (κ1) is 27.8. The number of hydrogen-bond acceptors (Lipinski definition) is 8. The Morgan fingerprint density at radius 3 is 1.97 bits per heavy atom. The first-order valence-electron chi connectivity index (χ1n) is 9.76. The smallest absolute Gasteiger partial charge is 0.325 e. The van der Waals surface area contributed by atoms with E-state index in [9.17, 15) is 28.8 Å². The van der Waals surface area contributed by atoms with Crippen LogP contribution in [0.5, 0.6) is 0 Å². The normalized spacial score (nSPS) is 12.0. The van der Waals surface area contributed by atoms with Gasteiger partial charge in [-0.25, -0.2) is 0 Å². The largest absolute Gasteiger partial charge is 0.468 e. The number of rotatable bonds is 14.